The zero-order valence-electron chi connectivity index (χ0n) is 9.75. The fraction of sp³-hybridized carbons (Fsp3) is 0. The fourth-order valence-electron chi connectivity index (χ4n) is 1.71. The highest BCUT2D eigenvalue weighted by Crippen LogP contribution is 2.28. The molecule has 2 N–H and O–H groups in total. The van der Waals surface area contributed by atoms with Gasteiger partial charge in [0.1, 0.15) is 17.3 Å². The van der Waals surface area contributed by atoms with Crippen LogP contribution in [0, 0.1) is 0 Å². The molecule has 0 aromatic carbocycles. The maximum Gasteiger partial charge on any atom is 0.144 e. The molecule has 0 bridgehead atoms. The molecule has 0 spiro atoms. The minimum atomic E-state index is 0.476. The molecule has 3 heterocycles. The van der Waals surface area contributed by atoms with E-state index in [1.807, 2.05) is 23.6 Å². The van der Waals surface area contributed by atoms with Crippen molar-refractivity contribution in [1.29, 1.82) is 0 Å². The van der Waals surface area contributed by atoms with Crippen molar-refractivity contribution in [3.8, 4) is 0 Å². The third-order valence-corrected chi connectivity index (χ3v) is 3.83. The summed E-state index contributed by atoms with van der Waals surface area (Å²) in [6.07, 6.45) is 7.10. The predicted molar refractivity (Wildman–Crippen MR) is 80.0 cm³/mol. The van der Waals surface area contributed by atoms with E-state index >= 15 is 0 Å². The van der Waals surface area contributed by atoms with Crippen molar-refractivity contribution in [1.82, 2.24) is 15.0 Å². The molecule has 0 amide bonds. The molecule has 0 aliphatic heterocycles. The van der Waals surface area contributed by atoms with E-state index in [2.05, 4.69) is 15.0 Å². The first-order valence-corrected chi connectivity index (χ1v) is 6.77. The van der Waals surface area contributed by atoms with Crippen LogP contribution in [-0.4, -0.2) is 15.0 Å². The average molecular weight is 289 g/mol. The van der Waals surface area contributed by atoms with Crippen LogP contribution < -0.4 is 5.73 Å². The van der Waals surface area contributed by atoms with Crippen LogP contribution in [0.1, 0.15) is 11.1 Å². The summed E-state index contributed by atoms with van der Waals surface area (Å²) in [6.45, 7) is 0. The van der Waals surface area contributed by atoms with Crippen LogP contribution in [0.15, 0.2) is 30.0 Å². The molecular formula is C13H9ClN4S. The molecule has 0 aliphatic carbocycles. The molecule has 0 saturated heterocycles. The first-order chi connectivity index (χ1) is 9.24. The van der Waals surface area contributed by atoms with Gasteiger partial charge in [-0.05, 0) is 17.7 Å². The Morgan fingerprint density at radius 3 is 2.95 bits per heavy atom. The largest absolute Gasteiger partial charge is 0.382 e. The summed E-state index contributed by atoms with van der Waals surface area (Å²) >= 11 is 7.38. The third-order valence-electron chi connectivity index (χ3n) is 2.61. The van der Waals surface area contributed by atoms with Crippen LogP contribution in [0.25, 0.3) is 22.4 Å². The zero-order chi connectivity index (χ0) is 13.2. The second kappa shape index (κ2) is 4.95. The third kappa shape index (κ3) is 2.43. The molecule has 0 aliphatic rings. The number of nitrogen functional groups attached to an aromatic ring is 1. The summed E-state index contributed by atoms with van der Waals surface area (Å²) in [7, 11) is 0. The second-order valence-corrected chi connectivity index (χ2v) is 5.14. The average Bonchev–Trinajstić information content (AvgIpc) is 2.81. The Morgan fingerprint density at radius 2 is 2.11 bits per heavy atom. The summed E-state index contributed by atoms with van der Waals surface area (Å²) in [5.41, 5.74) is 8.68. The number of nitrogens with two attached hydrogens (primary N) is 1. The quantitative estimate of drug-likeness (QED) is 0.733. The molecule has 3 aromatic rings. The Labute approximate surface area is 118 Å². The predicted octanol–water partition coefficient (Wildman–Crippen LogP) is 3.49. The van der Waals surface area contributed by atoms with E-state index in [0.29, 0.717) is 11.0 Å². The molecular weight excluding hydrogens is 280 g/mol. The molecule has 94 valence electrons. The topological polar surface area (TPSA) is 64.7 Å². The van der Waals surface area contributed by atoms with Gasteiger partial charge in [-0.3, -0.25) is 0 Å². The highest BCUT2D eigenvalue weighted by molar-refractivity contribution is 7.18. The van der Waals surface area contributed by atoms with E-state index in [0.717, 1.165) is 21.3 Å². The first-order valence-electron chi connectivity index (χ1n) is 5.51. The summed E-state index contributed by atoms with van der Waals surface area (Å²) in [5, 5.41) is 2.48. The van der Waals surface area contributed by atoms with Gasteiger partial charge < -0.3 is 5.73 Å². The molecule has 0 radical (unpaired) electrons. The Bertz CT molecular complexity index is 766. The normalized spacial score (nSPS) is 11.4. The van der Waals surface area contributed by atoms with Crippen molar-refractivity contribution >= 4 is 51.1 Å². The van der Waals surface area contributed by atoms with E-state index in [4.69, 9.17) is 17.3 Å². The first kappa shape index (κ1) is 12.1. The van der Waals surface area contributed by atoms with Crippen molar-refractivity contribution in [3.63, 3.8) is 0 Å². The van der Waals surface area contributed by atoms with Gasteiger partial charge in [0, 0.05) is 17.1 Å². The summed E-state index contributed by atoms with van der Waals surface area (Å²) in [5.74, 6) is 0.515. The van der Waals surface area contributed by atoms with Crippen LogP contribution in [0.5, 0.6) is 0 Å². The van der Waals surface area contributed by atoms with Crippen molar-refractivity contribution in [2.75, 3.05) is 5.73 Å². The lowest BCUT2D eigenvalue weighted by atomic mass is 10.2. The summed E-state index contributed by atoms with van der Waals surface area (Å²) < 4.78 is 0.912. The maximum atomic E-state index is 5.84. The molecule has 3 aromatic heterocycles. The highest BCUT2D eigenvalue weighted by Gasteiger charge is 2.06. The minimum absolute atomic E-state index is 0.476. The van der Waals surface area contributed by atoms with Gasteiger partial charge in [0.15, 0.2) is 0 Å². The molecule has 0 saturated carbocycles. The Kier molecular flexibility index (Phi) is 3.15. The molecule has 4 nitrogen and oxygen atoms in total. The number of nitrogens with zero attached hydrogens (tertiary/aromatic N) is 3. The van der Waals surface area contributed by atoms with Gasteiger partial charge >= 0.3 is 0 Å². The number of hydrogen-bond donors (Lipinski definition) is 1. The number of aromatic nitrogens is 3. The van der Waals surface area contributed by atoms with E-state index in [1.54, 1.807) is 12.3 Å². The van der Waals surface area contributed by atoms with Crippen LogP contribution >= 0.6 is 22.9 Å². The van der Waals surface area contributed by atoms with Crippen LogP contribution in [0.4, 0.5) is 5.82 Å². The number of pyridine rings is 1. The van der Waals surface area contributed by atoms with Gasteiger partial charge in [-0.1, -0.05) is 23.8 Å². The monoisotopic (exact) mass is 288 g/mol. The van der Waals surface area contributed by atoms with Crippen molar-refractivity contribution in [3.05, 3.63) is 46.3 Å². The lowest BCUT2D eigenvalue weighted by molar-refractivity contribution is 1.24. The van der Waals surface area contributed by atoms with Gasteiger partial charge in [0.2, 0.25) is 0 Å². The molecule has 3 rings (SSSR count). The number of fused-ring (bicyclic) bond motifs is 1. The van der Waals surface area contributed by atoms with Gasteiger partial charge in [-0.2, -0.15) is 0 Å². The molecule has 6 heteroatoms. The van der Waals surface area contributed by atoms with Gasteiger partial charge in [0.25, 0.3) is 0 Å². The summed E-state index contributed by atoms with van der Waals surface area (Å²) in [4.78, 5) is 12.2. The molecule has 0 fully saturated rings. The maximum absolute atomic E-state index is 5.84. The zero-order valence-corrected chi connectivity index (χ0v) is 11.3. The molecule has 19 heavy (non-hydrogen) atoms. The number of anilines is 1. The number of halogens is 1. The van der Waals surface area contributed by atoms with Gasteiger partial charge in [-0.25, -0.2) is 15.0 Å². The Morgan fingerprint density at radius 1 is 1.21 bits per heavy atom. The van der Waals surface area contributed by atoms with Crippen LogP contribution in [0.3, 0.4) is 0 Å². The lowest BCUT2D eigenvalue weighted by Gasteiger charge is -1.95. The second-order valence-electron chi connectivity index (χ2n) is 3.87. The van der Waals surface area contributed by atoms with E-state index in [9.17, 15) is 0 Å². The van der Waals surface area contributed by atoms with Gasteiger partial charge in [-0.15, -0.1) is 11.3 Å². The van der Waals surface area contributed by atoms with Crippen LogP contribution in [0.2, 0.25) is 5.15 Å². The van der Waals surface area contributed by atoms with Crippen molar-refractivity contribution in [2.24, 2.45) is 0 Å². The van der Waals surface area contributed by atoms with E-state index in [-0.39, 0.29) is 0 Å². The number of thiophene rings is 1. The smallest absolute Gasteiger partial charge is 0.144 e. The standard InChI is InChI=1S/C13H9ClN4S/c14-10-5-8(3-4-16-10)1-2-9-6-19-12-11(9)17-7-18-13(12)15/h1-7H,(H2,15,17,18)/b2-1+. The summed E-state index contributed by atoms with van der Waals surface area (Å²) in [6, 6.07) is 3.69. The molecule has 0 unspecified atom stereocenters. The minimum Gasteiger partial charge on any atom is -0.382 e. The van der Waals surface area contributed by atoms with Crippen LogP contribution in [-0.2, 0) is 0 Å². The van der Waals surface area contributed by atoms with E-state index in [1.165, 1.54) is 17.7 Å². The highest BCUT2D eigenvalue weighted by atomic mass is 35.5. The number of hydrogen-bond acceptors (Lipinski definition) is 5. The van der Waals surface area contributed by atoms with Gasteiger partial charge in [0.05, 0.1) is 10.2 Å². The van der Waals surface area contributed by atoms with Crippen molar-refractivity contribution < 1.29 is 0 Å². The Balaban J connectivity index is 2.00. The Hall–Kier alpha value is -1.98. The number of rotatable bonds is 2. The lowest BCUT2D eigenvalue weighted by Crippen LogP contribution is -1.90. The molecule has 0 atom stereocenters. The van der Waals surface area contributed by atoms with E-state index < -0.39 is 0 Å². The fourth-order valence-corrected chi connectivity index (χ4v) is 2.79. The van der Waals surface area contributed by atoms with Crippen molar-refractivity contribution in [2.45, 2.75) is 0 Å². The SMILES string of the molecule is Nc1ncnc2c(/C=C/c3ccnc(Cl)c3)csc12.